The third kappa shape index (κ3) is 7.41. The fraction of sp³-hybridized carbons (Fsp3) is 0.0278. The maximum atomic E-state index is 14.8. The molecule has 1 unspecified atom stereocenters. The number of aromatic hydroxyl groups is 1. The fourth-order valence-electron chi connectivity index (χ4n) is 4.63. The average molecular weight is 628 g/mol. The number of nitrogens with zero attached hydrogens (tertiary/aromatic N) is 3. The Morgan fingerprint density at radius 2 is 1.33 bits per heavy atom. The lowest BCUT2D eigenvalue weighted by atomic mass is 10.1. The Kier molecular flexibility index (Phi) is 9.04. The summed E-state index contributed by atoms with van der Waals surface area (Å²) in [4.78, 5) is 4.27. The third-order valence-corrected chi connectivity index (χ3v) is 8.92. The van der Waals surface area contributed by atoms with Crippen LogP contribution in [0.5, 0.6) is 17.2 Å². The van der Waals surface area contributed by atoms with E-state index >= 15 is 0 Å². The standard InChI is InChI=1S/C36H30N5O4P/c37-29-17-22-35(42)34(24-29)41-40-31-20-15-27(16-21-31)26-13-18-30(19-14-26)39-36(28-8-7-23-38-25-28)46(43,44-32-9-3-1-4-10-32)45-33-11-5-2-6-12-33/h1-25,36,39,42H,37H2. The van der Waals surface area contributed by atoms with E-state index < -0.39 is 13.4 Å². The Labute approximate surface area is 266 Å². The van der Waals surface area contributed by atoms with Crippen LogP contribution < -0.4 is 20.1 Å². The van der Waals surface area contributed by atoms with Crippen LogP contribution in [0.25, 0.3) is 11.1 Å². The highest BCUT2D eigenvalue weighted by atomic mass is 31.2. The maximum absolute atomic E-state index is 14.8. The van der Waals surface area contributed by atoms with Gasteiger partial charge in [0.25, 0.3) is 0 Å². The van der Waals surface area contributed by atoms with Gasteiger partial charge in [0.1, 0.15) is 22.9 Å². The number of anilines is 2. The van der Waals surface area contributed by atoms with Gasteiger partial charge in [0.2, 0.25) is 0 Å². The number of hydrogen-bond acceptors (Lipinski definition) is 9. The largest absolute Gasteiger partial charge is 0.506 e. The lowest BCUT2D eigenvalue weighted by Gasteiger charge is -2.29. The van der Waals surface area contributed by atoms with Crippen LogP contribution in [0, 0.1) is 0 Å². The van der Waals surface area contributed by atoms with Gasteiger partial charge in [-0.2, -0.15) is 5.11 Å². The van der Waals surface area contributed by atoms with Crippen molar-refractivity contribution in [3.63, 3.8) is 0 Å². The molecule has 10 heteroatoms. The van der Waals surface area contributed by atoms with Crippen molar-refractivity contribution in [1.29, 1.82) is 0 Å². The van der Waals surface area contributed by atoms with Crippen LogP contribution in [0.2, 0.25) is 0 Å². The number of rotatable bonds is 11. The van der Waals surface area contributed by atoms with Crippen molar-refractivity contribution in [3.8, 4) is 28.4 Å². The molecule has 4 N–H and O–H groups in total. The number of nitrogens with two attached hydrogens (primary N) is 1. The first-order chi connectivity index (χ1) is 22.4. The highest BCUT2D eigenvalue weighted by Crippen LogP contribution is 2.60. The molecule has 0 saturated heterocycles. The summed E-state index contributed by atoms with van der Waals surface area (Å²) in [5.41, 5.74) is 10.5. The lowest BCUT2D eigenvalue weighted by molar-refractivity contribution is 0.376. The second-order valence-electron chi connectivity index (χ2n) is 10.3. The van der Waals surface area contributed by atoms with Crippen LogP contribution in [0.4, 0.5) is 22.7 Å². The number of azo groups is 1. The molecule has 46 heavy (non-hydrogen) atoms. The first kappa shape index (κ1) is 30.1. The summed E-state index contributed by atoms with van der Waals surface area (Å²) >= 11 is 0. The second kappa shape index (κ2) is 13.8. The molecule has 0 fully saturated rings. The Hall–Kier alpha value is -5.92. The van der Waals surface area contributed by atoms with Crippen LogP contribution in [-0.2, 0) is 4.57 Å². The summed E-state index contributed by atoms with van der Waals surface area (Å²) in [7, 11) is -3.96. The van der Waals surface area contributed by atoms with Gasteiger partial charge in [-0.3, -0.25) is 4.98 Å². The SMILES string of the molecule is Nc1ccc(O)c(N=Nc2ccc(-c3ccc(NC(c4cccnc4)P(=O)(Oc4ccccc4)Oc4ccccc4)cc3)cc2)c1. The summed E-state index contributed by atoms with van der Waals surface area (Å²) in [5, 5.41) is 21.7. The minimum absolute atomic E-state index is 0.00338. The molecule has 0 amide bonds. The zero-order valence-corrected chi connectivity index (χ0v) is 25.4. The fourth-order valence-corrected chi connectivity index (χ4v) is 6.54. The van der Waals surface area contributed by atoms with E-state index in [-0.39, 0.29) is 5.75 Å². The van der Waals surface area contributed by atoms with Gasteiger partial charge in [-0.05, 0) is 83.9 Å². The number of hydrogen-bond donors (Lipinski definition) is 3. The molecule has 6 rings (SSSR count). The lowest BCUT2D eigenvalue weighted by Crippen LogP contribution is -2.18. The van der Waals surface area contributed by atoms with E-state index in [0.717, 1.165) is 11.1 Å². The molecule has 0 radical (unpaired) electrons. The molecule has 1 heterocycles. The zero-order valence-electron chi connectivity index (χ0n) is 24.5. The molecular formula is C36H30N5O4P. The van der Waals surface area contributed by atoms with E-state index in [9.17, 15) is 9.67 Å². The molecule has 9 nitrogen and oxygen atoms in total. The van der Waals surface area contributed by atoms with Crippen LogP contribution >= 0.6 is 7.60 Å². The number of para-hydroxylation sites is 2. The van der Waals surface area contributed by atoms with Crippen LogP contribution in [0.1, 0.15) is 11.3 Å². The molecule has 0 aliphatic carbocycles. The van der Waals surface area contributed by atoms with E-state index in [0.29, 0.717) is 39.8 Å². The van der Waals surface area contributed by atoms with E-state index in [2.05, 4.69) is 20.5 Å². The Morgan fingerprint density at radius 1 is 0.717 bits per heavy atom. The van der Waals surface area contributed by atoms with E-state index in [1.54, 1.807) is 54.9 Å². The predicted octanol–water partition coefficient (Wildman–Crippen LogP) is 9.91. The molecule has 0 bridgehead atoms. The van der Waals surface area contributed by atoms with Crippen molar-refractivity contribution in [2.75, 3.05) is 11.1 Å². The number of phenolic OH excluding ortho intramolecular Hbond substituents is 1. The summed E-state index contributed by atoms with van der Waals surface area (Å²) in [6.45, 7) is 0. The number of nitrogens with one attached hydrogen (secondary N) is 1. The topological polar surface area (TPSA) is 131 Å². The first-order valence-electron chi connectivity index (χ1n) is 14.4. The summed E-state index contributed by atoms with van der Waals surface area (Å²) < 4.78 is 27.1. The molecule has 0 aliphatic heterocycles. The van der Waals surface area contributed by atoms with Crippen molar-refractivity contribution >= 4 is 30.3 Å². The van der Waals surface area contributed by atoms with Gasteiger partial charge in [-0.15, -0.1) is 5.11 Å². The predicted molar refractivity (Wildman–Crippen MR) is 181 cm³/mol. The highest BCUT2D eigenvalue weighted by molar-refractivity contribution is 7.55. The van der Waals surface area contributed by atoms with Crippen molar-refractivity contribution in [3.05, 3.63) is 157 Å². The summed E-state index contributed by atoms with van der Waals surface area (Å²) in [6, 6.07) is 41.5. The van der Waals surface area contributed by atoms with Crippen LogP contribution in [0.3, 0.4) is 0 Å². The van der Waals surface area contributed by atoms with Gasteiger partial charge in [0, 0.05) is 29.3 Å². The molecule has 5 aromatic carbocycles. The average Bonchev–Trinajstić information content (AvgIpc) is 3.09. The maximum Gasteiger partial charge on any atom is 0.457 e. The minimum Gasteiger partial charge on any atom is -0.506 e. The number of benzene rings is 5. The monoisotopic (exact) mass is 627 g/mol. The van der Waals surface area contributed by atoms with E-state index in [4.69, 9.17) is 14.8 Å². The summed E-state index contributed by atoms with van der Waals surface area (Å²) in [5.74, 6) is -0.0545. The molecule has 0 spiro atoms. The van der Waals surface area contributed by atoms with Crippen molar-refractivity contribution in [2.45, 2.75) is 5.78 Å². The highest BCUT2D eigenvalue weighted by Gasteiger charge is 2.41. The normalized spacial score (nSPS) is 12.0. The molecule has 6 aromatic rings. The van der Waals surface area contributed by atoms with Crippen LogP contribution in [-0.4, -0.2) is 10.1 Å². The molecule has 0 aliphatic rings. The number of nitrogen functional groups attached to an aromatic ring is 1. The third-order valence-electron chi connectivity index (χ3n) is 6.93. The molecule has 0 saturated carbocycles. The quantitative estimate of drug-likeness (QED) is 0.0564. The van der Waals surface area contributed by atoms with Gasteiger partial charge in [0.15, 0.2) is 5.78 Å². The number of pyridine rings is 1. The number of aromatic nitrogens is 1. The Morgan fingerprint density at radius 3 is 1.91 bits per heavy atom. The van der Waals surface area contributed by atoms with Gasteiger partial charge in [-0.1, -0.05) is 66.7 Å². The smallest absolute Gasteiger partial charge is 0.457 e. The molecule has 1 aromatic heterocycles. The first-order valence-corrected chi connectivity index (χ1v) is 16.0. The minimum atomic E-state index is -3.96. The molecular weight excluding hydrogens is 597 g/mol. The van der Waals surface area contributed by atoms with Crippen LogP contribution in [0.15, 0.2) is 162 Å². The molecule has 1 atom stereocenters. The Balaban J connectivity index is 1.25. The second-order valence-corrected chi connectivity index (χ2v) is 12.2. The summed E-state index contributed by atoms with van der Waals surface area (Å²) in [6.07, 6.45) is 3.30. The van der Waals surface area contributed by atoms with Gasteiger partial charge >= 0.3 is 7.60 Å². The zero-order chi connectivity index (χ0) is 31.8. The van der Waals surface area contributed by atoms with Crippen molar-refractivity contribution in [2.24, 2.45) is 10.2 Å². The van der Waals surface area contributed by atoms with Crippen molar-refractivity contribution < 1.29 is 18.7 Å². The van der Waals surface area contributed by atoms with Gasteiger partial charge in [0.05, 0.1) is 5.69 Å². The van der Waals surface area contributed by atoms with Gasteiger partial charge < -0.3 is 25.2 Å². The number of phenols is 1. The molecule has 228 valence electrons. The van der Waals surface area contributed by atoms with Gasteiger partial charge in [-0.25, -0.2) is 4.57 Å². The van der Waals surface area contributed by atoms with Crippen molar-refractivity contribution in [1.82, 2.24) is 4.98 Å². The van der Waals surface area contributed by atoms with E-state index in [1.807, 2.05) is 91.0 Å². The Bertz CT molecular complexity index is 1910. The van der Waals surface area contributed by atoms with E-state index in [1.165, 1.54) is 6.07 Å².